The SMILES string of the molecule is CCNc1ccc(C)cc1C(=O)N1CCS(=O)(=O)CC1C. The number of hydrogen-bond acceptors (Lipinski definition) is 4. The summed E-state index contributed by atoms with van der Waals surface area (Å²) in [7, 11) is -3.02. The Kier molecular flexibility index (Phi) is 4.56. The first-order valence-electron chi connectivity index (χ1n) is 7.20. The van der Waals surface area contributed by atoms with Gasteiger partial charge in [0.2, 0.25) is 0 Å². The van der Waals surface area contributed by atoms with E-state index >= 15 is 0 Å². The molecule has 1 saturated heterocycles. The van der Waals surface area contributed by atoms with Crippen molar-refractivity contribution in [3.05, 3.63) is 29.3 Å². The van der Waals surface area contributed by atoms with Crippen LogP contribution in [0.15, 0.2) is 18.2 Å². The van der Waals surface area contributed by atoms with Crippen LogP contribution in [0.2, 0.25) is 0 Å². The normalized spacial score (nSPS) is 21.1. The molecule has 1 N–H and O–H groups in total. The zero-order valence-electron chi connectivity index (χ0n) is 12.7. The lowest BCUT2D eigenvalue weighted by Gasteiger charge is -2.33. The molecule has 1 unspecified atom stereocenters. The molecule has 5 nitrogen and oxygen atoms in total. The lowest BCUT2D eigenvalue weighted by Crippen LogP contribution is -2.49. The Bertz CT molecular complexity index is 640. The minimum atomic E-state index is -3.02. The molecule has 0 spiro atoms. The number of carbonyl (C=O) groups excluding carboxylic acids is 1. The van der Waals surface area contributed by atoms with Gasteiger partial charge in [0.15, 0.2) is 9.84 Å². The van der Waals surface area contributed by atoms with Crippen molar-refractivity contribution in [2.45, 2.75) is 26.8 Å². The topological polar surface area (TPSA) is 66.5 Å². The number of carbonyl (C=O) groups is 1. The molecule has 1 aromatic rings. The van der Waals surface area contributed by atoms with Crippen molar-refractivity contribution in [2.24, 2.45) is 0 Å². The van der Waals surface area contributed by atoms with E-state index in [-0.39, 0.29) is 30.0 Å². The highest BCUT2D eigenvalue weighted by molar-refractivity contribution is 7.91. The molecule has 0 bridgehead atoms. The zero-order valence-corrected chi connectivity index (χ0v) is 13.5. The maximum absolute atomic E-state index is 12.8. The lowest BCUT2D eigenvalue weighted by atomic mass is 10.1. The van der Waals surface area contributed by atoms with Crippen molar-refractivity contribution < 1.29 is 13.2 Å². The molecule has 0 saturated carbocycles. The van der Waals surface area contributed by atoms with Crippen molar-refractivity contribution in [2.75, 3.05) is 29.9 Å². The van der Waals surface area contributed by atoms with E-state index in [1.807, 2.05) is 32.0 Å². The third-order valence-corrected chi connectivity index (χ3v) is 5.50. The Labute approximate surface area is 126 Å². The highest BCUT2D eigenvalue weighted by Crippen LogP contribution is 2.22. The van der Waals surface area contributed by atoms with E-state index in [2.05, 4.69) is 5.32 Å². The van der Waals surface area contributed by atoms with E-state index < -0.39 is 9.84 Å². The van der Waals surface area contributed by atoms with Crippen molar-refractivity contribution in [1.82, 2.24) is 4.90 Å². The molecule has 1 atom stereocenters. The Morgan fingerprint density at radius 2 is 2.14 bits per heavy atom. The van der Waals surface area contributed by atoms with E-state index in [0.717, 1.165) is 17.8 Å². The van der Waals surface area contributed by atoms with Gasteiger partial charge in [0.05, 0.1) is 17.1 Å². The monoisotopic (exact) mass is 310 g/mol. The molecule has 1 aliphatic rings. The van der Waals surface area contributed by atoms with Gasteiger partial charge in [-0.2, -0.15) is 0 Å². The highest BCUT2D eigenvalue weighted by Gasteiger charge is 2.32. The summed E-state index contributed by atoms with van der Waals surface area (Å²) in [4.78, 5) is 14.4. The predicted octanol–water partition coefficient (Wildman–Crippen LogP) is 1.69. The number of sulfone groups is 1. The van der Waals surface area contributed by atoms with Gasteiger partial charge in [-0.15, -0.1) is 0 Å². The first kappa shape index (κ1) is 15.8. The quantitative estimate of drug-likeness (QED) is 0.922. The van der Waals surface area contributed by atoms with Crippen LogP contribution >= 0.6 is 0 Å². The average Bonchev–Trinajstić information content (AvgIpc) is 2.39. The molecule has 116 valence electrons. The summed E-state index contributed by atoms with van der Waals surface area (Å²) in [5, 5.41) is 3.19. The second kappa shape index (κ2) is 6.05. The van der Waals surface area contributed by atoms with Crippen molar-refractivity contribution in [1.29, 1.82) is 0 Å². The van der Waals surface area contributed by atoms with Gasteiger partial charge in [-0.05, 0) is 32.9 Å². The average molecular weight is 310 g/mol. The summed E-state index contributed by atoms with van der Waals surface area (Å²) < 4.78 is 23.3. The van der Waals surface area contributed by atoms with Gasteiger partial charge in [-0.1, -0.05) is 11.6 Å². The summed E-state index contributed by atoms with van der Waals surface area (Å²) >= 11 is 0. The molecular weight excluding hydrogens is 288 g/mol. The number of benzene rings is 1. The number of nitrogens with zero attached hydrogens (tertiary/aromatic N) is 1. The van der Waals surface area contributed by atoms with Crippen LogP contribution in [-0.4, -0.2) is 49.9 Å². The smallest absolute Gasteiger partial charge is 0.256 e. The third-order valence-electron chi connectivity index (χ3n) is 3.70. The zero-order chi connectivity index (χ0) is 15.6. The van der Waals surface area contributed by atoms with E-state index in [1.165, 1.54) is 0 Å². The van der Waals surface area contributed by atoms with Crippen LogP contribution < -0.4 is 5.32 Å². The van der Waals surface area contributed by atoms with Crippen molar-refractivity contribution in [3.63, 3.8) is 0 Å². The first-order chi connectivity index (χ1) is 9.84. The molecule has 1 aromatic carbocycles. The van der Waals surface area contributed by atoms with Gasteiger partial charge < -0.3 is 10.2 Å². The molecule has 0 radical (unpaired) electrons. The van der Waals surface area contributed by atoms with Gasteiger partial charge >= 0.3 is 0 Å². The van der Waals surface area contributed by atoms with Gasteiger partial charge in [0.25, 0.3) is 5.91 Å². The summed E-state index contributed by atoms with van der Waals surface area (Å²) in [6, 6.07) is 5.43. The van der Waals surface area contributed by atoms with Gasteiger partial charge in [0.1, 0.15) is 0 Å². The number of hydrogen-bond donors (Lipinski definition) is 1. The Hall–Kier alpha value is -1.56. The lowest BCUT2D eigenvalue weighted by molar-refractivity contribution is 0.0713. The Morgan fingerprint density at radius 3 is 2.76 bits per heavy atom. The second-order valence-electron chi connectivity index (χ2n) is 5.54. The number of anilines is 1. The van der Waals surface area contributed by atoms with Gasteiger partial charge in [0, 0.05) is 24.8 Å². The summed E-state index contributed by atoms with van der Waals surface area (Å²) in [6.07, 6.45) is 0. The van der Waals surface area contributed by atoms with Crippen LogP contribution in [0.1, 0.15) is 29.8 Å². The molecule has 0 aliphatic carbocycles. The van der Waals surface area contributed by atoms with Crippen LogP contribution in [0.3, 0.4) is 0 Å². The minimum absolute atomic E-state index is 0.0428. The molecule has 21 heavy (non-hydrogen) atoms. The van der Waals surface area contributed by atoms with E-state index in [1.54, 1.807) is 11.8 Å². The van der Waals surface area contributed by atoms with Crippen LogP contribution in [0, 0.1) is 6.92 Å². The van der Waals surface area contributed by atoms with E-state index in [4.69, 9.17) is 0 Å². The van der Waals surface area contributed by atoms with Crippen LogP contribution in [0.4, 0.5) is 5.69 Å². The van der Waals surface area contributed by atoms with E-state index in [9.17, 15) is 13.2 Å². The molecule has 1 fully saturated rings. The van der Waals surface area contributed by atoms with Crippen LogP contribution in [0.25, 0.3) is 0 Å². The molecule has 6 heteroatoms. The van der Waals surface area contributed by atoms with Crippen molar-refractivity contribution in [3.8, 4) is 0 Å². The molecule has 1 aliphatic heterocycles. The Morgan fingerprint density at radius 1 is 1.43 bits per heavy atom. The third kappa shape index (κ3) is 3.56. The molecule has 0 aromatic heterocycles. The standard InChI is InChI=1S/C15H22N2O3S/c1-4-16-14-6-5-11(2)9-13(14)15(18)17-7-8-21(19,20)10-12(17)3/h5-6,9,12,16H,4,7-8,10H2,1-3H3. The van der Waals surface area contributed by atoms with Crippen molar-refractivity contribution >= 4 is 21.4 Å². The summed E-state index contributed by atoms with van der Waals surface area (Å²) in [6.45, 7) is 6.70. The fraction of sp³-hybridized carbons (Fsp3) is 0.533. The summed E-state index contributed by atoms with van der Waals surface area (Å²) in [5.74, 6) is -0.0101. The van der Waals surface area contributed by atoms with Crippen LogP contribution in [0.5, 0.6) is 0 Å². The minimum Gasteiger partial charge on any atom is -0.385 e. The number of amides is 1. The first-order valence-corrected chi connectivity index (χ1v) is 9.02. The number of rotatable bonds is 3. The fourth-order valence-electron chi connectivity index (χ4n) is 2.63. The summed E-state index contributed by atoms with van der Waals surface area (Å²) in [5.41, 5.74) is 2.43. The van der Waals surface area contributed by atoms with Gasteiger partial charge in [-0.3, -0.25) is 4.79 Å². The van der Waals surface area contributed by atoms with Crippen LogP contribution in [-0.2, 0) is 9.84 Å². The molecule has 2 rings (SSSR count). The molecule has 1 amide bonds. The maximum atomic E-state index is 12.8. The predicted molar refractivity (Wildman–Crippen MR) is 84.5 cm³/mol. The largest absolute Gasteiger partial charge is 0.385 e. The Balaban J connectivity index is 2.30. The number of aryl methyl sites for hydroxylation is 1. The molecule has 1 heterocycles. The maximum Gasteiger partial charge on any atom is 0.256 e. The van der Waals surface area contributed by atoms with E-state index in [0.29, 0.717) is 5.56 Å². The second-order valence-corrected chi connectivity index (χ2v) is 7.77. The molecular formula is C15H22N2O3S. The number of nitrogens with one attached hydrogen (secondary N) is 1. The van der Waals surface area contributed by atoms with Gasteiger partial charge in [-0.25, -0.2) is 8.42 Å². The fourth-order valence-corrected chi connectivity index (χ4v) is 4.19. The highest BCUT2D eigenvalue weighted by atomic mass is 32.2.